The summed E-state index contributed by atoms with van der Waals surface area (Å²) >= 11 is 0. The summed E-state index contributed by atoms with van der Waals surface area (Å²) < 4.78 is 25.8. The van der Waals surface area contributed by atoms with Crippen molar-refractivity contribution >= 4 is 17.0 Å². The lowest BCUT2D eigenvalue weighted by Gasteiger charge is -2.35. The number of fused-ring (bicyclic) bond motifs is 1. The molecule has 2 aromatic carbocycles. The highest BCUT2D eigenvalue weighted by molar-refractivity contribution is 5.82. The normalized spacial score (nSPS) is 17.0. The van der Waals surface area contributed by atoms with Crippen molar-refractivity contribution in [3.05, 3.63) is 70.5 Å². The largest absolute Gasteiger partial charge is 0.420 e. The van der Waals surface area contributed by atoms with Crippen LogP contribution >= 0.6 is 0 Å². The van der Waals surface area contributed by atoms with E-state index in [1.54, 1.807) is 37.3 Å². The Morgan fingerprint density at radius 1 is 1.17 bits per heavy atom. The molecule has 7 nitrogen and oxygen atoms in total. The number of para-hydroxylation sites is 2. The van der Waals surface area contributed by atoms with Gasteiger partial charge in [-0.15, -0.1) is 0 Å². The first-order chi connectivity index (χ1) is 14.5. The highest BCUT2D eigenvalue weighted by Crippen LogP contribution is 2.23. The maximum atomic E-state index is 13.8. The minimum Gasteiger partial charge on any atom is -0.408 e. The van der Waals surface area contributed by atoms with Crippen LogP contribution in [0.25, 0.3) is 11.1 Å². The van der Waals surface area contributed by atoms with Crippen LogP contribution in [0, 0.1) is 5.82 Å². The molecule has 1 aliphatic rings. The third-order valence-electron chi connectivity index (χ3n) is 5.48. The summed E-state index contributed by atoms with van der Waals surface area (Å²) in [6, 6.07) is 12.5. The molecule has 2 atom stereocenters. The van der Waals surface area contributed by atoms with Crippen molar-refractivity contribution in [1.29, 1.82) is 0 Å². The maximum absolute atomic E-state index is 13.8. The lowest BCUT2D eigenvalue weighted by molar-refractivity contribution is -0.124. The number of nitrogens with zero attached hydrogens (tertiary/aromatic N) is 2. The van der Waals surface area contributed by atoms with Gasteiger partial charge >= 0.3 is 5.76 Å². The average molecular weight is 413 g/mol. The van der Waals surface area contributed by atoms with E-state index in [9.17, 15) is 14.0 Å². The van der Waals surface area contributed by atoms with E-state index in [4.69, 9.17) is 9.15 Å². The Hall–Kier alpha value is -2.97. The molecular formula is C22H24FN3O4. The van der Waals surface area contributed by atoms with Gasteiger partial charge < -0.3 is 14.5 Å². The molecule has 0 saturated carbocycles. The number of oxazole rings is 1. The van der Waals surface area contributed by atoms with Crippen molar-refractivity contribution in [2.24, 2.45) is 0 Å². The second-order valence-corrected chi connectivity index (χ2v) is 7.35. The van der Waals surface area contributed by atoms with E-state index in [-0.39, 0.29) is 24.3 Å². The van der Waals surface area contributed by atoms with Gasteiger partial charge in [-0.05, 0) is 36.8 Å². The molecule has 2 heterocycles. The minimum absolute atomic E-state index is 0.196. The summed E-state index contributed by atoms with van der Waals surface area (Å²) in [5.41, 5.74) is 1.80. The fraction of sp³-hybridized carbons (Fsp3) is 0.364. The Balaban J connectivity index is 1.53. The number of rotatable bonds is 6. The molecule has 1 aliphatic heterocycles. The standard InChI is InChI=1S/C22H24FN3O4/c1-15(26-18-7-2-3-8-20(18)30-22(26)28)21(27)24-14-19(25-9-11-29-12-10-25)16-5-4-6-17(23)13-16/h2-8,13,15,19H,9-12,14H2,1H3,(H,24,27). The minimum atomic E-state index is -0.751. The van der Waals surface area contributed by atoms with Crippen LogP contribution in [0.5, 0.6) is 0 Å². The monoisotopic (exact) mass is 413 g/mol. The van der Waals surface area contributed by atoms with E-state index in [0.717, 1.165) is 5.56 Å². The molecule has 3 aromatic rings. The van der Waals surface area contributed by atoms with Crippen LogP contribution in [0.15, 0.2) is 57.7 Å². The first-order valence-electron chi connectivity index (χ1n) is 9.99. The number of morpholine rings is 1. The zero-order valence-corrected chi connectivity index (χ0v) is 16.7. The summed E-state index contributed by atoms with van der Waals surface area (Å²) in [6.45, 7) is 4.51. The zero-order valence-electron chi connectivity index (χ0n) is 16.7. The number of aromatic nitrogens is 1. The molecule has 2 unspecified atom stereocenters. The number of ether oxygens (including phenoxy) is 1. The average Bonchev–Trinajstić information content (AvgIpc) is 3.09. The topological polar surface area (TPSA) is 76.7 Å². The van der Waals surface area contributed by atoms with Crippen molar-refractivity contribution in [2.75, 3.05) is 32.8 Å². The SMILES string of the molecule is CC(C(=O)NCC(c1cccc(F)c1)N1CCOCC1)n1c(=O)oc2ccccc21. The molecule has 0 radical (unpaired) electrons. The molecule has 1 saturated heterocycles. The van der Waals surface area contributed by atoms with E-state index in [0.29, 0.717) is 37.4 Å². The highest BCUT2D eigenvalue weighted by atomic mass is 19.1. The second kappa shape index (κ2) is 8.81. The maximum Gasteiger partial charge on any atom is 0.420 e. The molecule has 30 heavy (non-hydrogen) atoms. The number of carbonyl (C=O) groups is 1. The molecule has 0 bridgehead atoms. The van der Waals surface area contributed by atoms with Gasteiger partial charge in [-0.3, -0.25) is 14.3 Å². The van der Waals surface area contributed by atoms with Gasteiger partial charge in [0.05, 0.1) is 24.8 Å². The molecule has 0 aliphatic carbocycles. The number of halogens is 1. The van der Waals surface area contributed by atoms with Crippen molar-refractivity contribution in [3.63, 3.8) is 0 Å². The number of hydrogen-bond acceptors (Lipinski definition) is 5. The van der Waals surface area contributed by atoms with Crippen LogP contribution in [0.1, 0.15) is 24.6 Å². The van der Waals surface area contributed by atoms with Crippen LogP contribution in [0.4, 0.5) is 4.39 Å². The van der Waals surface area contributed by atoms with Crippen molar-refractivity contribution in [1.82, 2.24) is 14.8 Å². The van der Waals surface area contributed by atoms with Crippen LogP contribution in [-0.2, 0) is 9.53 Å². The second-order valence-electron chi connectivity index (χ2n) is 7.35. The fourth-order valence-electron chi connectivity index (χ4n) is 3.87. The molecule has 1 aromatic heterocycles. The number of hydrogen-bond donors (Lipinski definition) is 1. The Bertz CT molecular complexity index is 1090. The third-order valence-corrected chi connectivity index (χ3v) is 5.48. The van der Waals surface area contributed by atoms with Crippen molar-refractivity contribution < 1.29 is 18.3 Å². The molecule has 4 rings (SSSR count). The first-order valence-corrected chi connectivity index (χ1v) is 9.99. The fourth-order valence-corrected chi connectivity index (χ4v) is 3.87. The quantitative estimate of drug-likeness (QED) is 0.672. The molecule has 8 heteroatoms. The Morgan fingerprint density at radius 2 is 1.93 bits per heavy atom. The van der Waals surface area contributed by atoms with Gasteiger partial charge in [-0.2, -0.15) is 0 Å². The van der Waals surface area contributed by atoms with Gasteiger partial charge in [0.25, 0.3) is 0 Å². The predicted octanol–water partition coefficient (Wildman–Crippen LogP) is 2.48. The molecule has 1 fully saturated rings. The van der Waals surface area contributed by atoms with Crippen molar-refractivity contribution in [3.8, 4) is 0 Å². The highest BCUT2D eigenvalue weighted by Gasteiger charge is 2.26. The number of nitrogens with one attached hydrogen (secondary N) is 1. The molecule has 158 valence electrons. The number of amides is 1. The molecule has 1 N–H and O–H groups in total. The van der Waals surface area contributed by atoms with Gasteiger partial charge in [0.1, 0.15) is 11.9 Å². The summed E-state index contributed by atoms with van der Waals surface area (Å²) in [6.07, 6.45) is 0. The summed E-state index contributed by atoms with van der Waals surface area (Å²) in [5.74, 6) is -1.20. The molecular weight excluding hydrogens is 389 g/mol. The summed E-state index contributed by atoms with van der Waals surface area (Å²) in [4.78, 5) is 27.3. The smallest absolute Gasteiger partial charge is 0.408 e. The Labute approximate surface area is 173 Å². The van der Waals surface area contributed by atoms with Gasteiger partial charge in [0, 0.05) is 19.6 Å². The lowest BCUT2D eigenvalue weighted by Crippen LogP contribution is -2.45. The summed E-state index contributed by atoms with van der Waals surface area (Å²) in [7, 11) is 0. The van der Waals surface area contributed by atoms with Gasteiger partial charge in [0.15, 0.2) is 5.58 Å². The third kappa shape index (κ3) is 4.15. The van der Waals surface area contributed by atoms with Gasteiger partial charge in [-0.25, -0.2) is 9.18 Å². The molecule has 0 spiro atoms. The number of carbonyl (C=O) groups excluding carboxylic acids is 1. The van der Waals surface area contributed by atoms with Gasteiger partial charge in [0.2, 0.25) is 5.91 Å². The lowest BCUT2D eigenvalue weighted by atomic mass is 10.0. The Morgan fingerprint density at radius 3 is 2.70 bits per heavy atom. The van der Waals surface area contributed by atoms with E-state index < -0.39 is 11.8 Å². The first kappa shape index (κ1) is 20.3. The predicted molar refractivity (Wildman–Crippen MR) is 110 cm³/mol. The number of benzene rings is 2. The van der Waals surface area contributed by atoms with Crippen LogP contribution in [-0.4, -0.2) is 48.2 Å². The van der Waals surface area contributed by atoms with E-state index in [1.165, 1.54) is 16.7 Å². The van der Waals surface area contributed by atoms with E-state index >= 15 is 0 Å². The molecule has 1 amide bonds. The summed E-state index contributed by atoms with van der Waals surface area (Å²) in [5, 5.41) is 2.93. The van der Waals surface area contributed by atoms with Gasteiger partial charge in [-0.1, -0.05) is 24.3 Å². The van der Waals surface area contributed by atoms with E-state index in [2.05, 4.69) is 10.2 Å². The Kier molecular flexibility index (Phi) is 5.96. The van der Waals surface area contributed by atoms with Crippen LogP contribution < -0.4 is 11.1 Å². The van der Waals surface area contributed by atoms with Crippen LogP contribution in [0.3, 0.4) is 0 Å². The van der Waals surface area contributed by atoms with E-state index in [1.807, 2.05) is 6.07 Å². The van der Waals surface area contributed by atoms with Crippen LogP contribution in [0.2, 0.25) is 0 Å². The van der Waals surface area contributed by atoms with Crippen molar-refractivity contribution in [2.45, 2.75) is 19.0 Å². The zero-order chi connectivity index (χ0) is 21.1.